The number of hydrogen-bond acceptors (Lipinski definition) is 4. The Balaban J connectivity index is 2.23. The van der Waals surface area contributed by atoms with Crippen LogP contribution in [0.3, 0.4) is 0 Å². The number of halogens is 2. The molecule has 4 aromatic rings. The van der Waals surface area contributed by atoms with Gasteiger partial charge >= 0.3 is 0 Å². The van der Waals surface area contributed by atoms with Crippen molar-refractivity contribution < 1.29 is 8.78 Å². The molecule has 3 aromatic heterocycles. The molecule has 0 saturated carbocycles. The third-order valence-electron chi connectivity index (χ3n) is 4.14. The summed E-state index contributed by atoms with van der Waals surface area (Å²) in [6, 6.07) is 4.77. The minimum absolute atomic E-state index is 0.164. The maximum atomic E-state index is 13.7. The highest BCUT2D eigenvalue weighted by molar-refractivity contribution is 6.13. The maximum absolute atomic E-state index is 13.7. The predicted octanol–water partition coefficient (Wildman–Crippen LogP) is 2.82. The van der Waals surface area contributed by atoms with Crippen LogP contribution in [0.5, 0.6) is 0 Å². The number of nitrogen functional groups attached to an aromatic ring is 1. The Morgan fingerprint density at radius 3 is 2.60 bits per heavy atom. The lowest BCUT2D eigenvalue weighted by molar-refractivity contribution is 0.584. The number of aryl methyl sites for hydroxylation is 1. The highest BCUT2D eigenvalue weighted by Crippen LogP contribution is 2.32. The van der Waals surface area contributed by atoms with E-state index in [0.29, 0.717) is 17.3 Å². The number of H-pyrrole nitrogens is 1. The zero-order valence-corrected chi connectivity index (χ0v) is 13.2. The molecule has 1 aromatic carbocycles. The molecule has 0 fully saturated rings. The van der Waals surface area contributed by atoms with Crippen molar-refractivity contribution in [2.75, 3.05) is 5.73 Å². The normalized spacial score (nSPS) is 11.5. The molecule has 0 unspecified atom stereocenters. The van der Waals surface area contributed by atoms with Gasteiger partial charge in [-0.1, -0.05) is 0 Å². The summed E-state index contributed by atoms with van der Waals surface area (Å²) in [5.41, 5.74) is 6.21. The first kappa shape index (κ1) is 15.3. The summed E-state index contributed by atoms with van der Waals surface area (Å²) in [7, 11) is 0. The fraction of sp³-hybridized carbons (Fsp3) is 0.118. The molecule has 3 N–H and O–H groups in total. The predicted molar refractivity (Wildman–Crippen MR) is 91.1 cm³/mol. The van der Waals surface area contributed by atoms with E-state index in [1.165, 1.54) is 4.57 Å². The molecule has 0 aliphatic rings. The number of anilines is 1. The fourth-order valence-corrected chi connectivity index (χ4v) is 3.01. The summed E-state index contributed by atoms with van der Waals surface area (Å²) < 4.78 is 28.9. The summed E-state index contributed by atoms with van der Waals surface area (Å²) in [4.78, 5) is 17.2. The molecule has 0 bridgehead atoms. The number of rotatable bonds is 2. The van der Waals surface area contributed by atoms with Gasteiger partial charge in [-0.2, -0.15) is 5.10 Å². The van der Waals surface area contributed by atoms with E-state index in [4.69, 9.17) is 5.73 Å². The van der Waals surface area contributed by atoms with Crippen molar-refractivity contribution >= 4 is 27.6 Å². The minimum atomic E-state index is -0.752. The number of hydrogen-bond donors (Lipinski definition) is 2. The number of nitrogens with zero attached hydrogens (tertiary/aromatic N) is 3. The zero-order chi connectivity index (χ0) is 17.7. The van der Waals surface area contributed by atoms with Gasteiger partial charge in [0.25, 0.3) is 5.56 Å². The second kappa shape index (κ2) is 5.37. The summed E-state index contributed by atoms with van der Waals surface area (Å²) in [6.45, 7) is 2.28. The average molecular weight is 341 g/mol. The topological polar surface area (TPSA) is 89.6 Å². The number of benzene rings is 1. The van der Waals surface area contributed by atoms with Crippen molar-refractivity contribution in [3.63, 3.8) is 0 Å². The molecule has 3 heterocycles. The quantitative estimate of drug-likeness (QED) is 0.587. The lowest BCUT2D eigenvalue weighted by atomic mass is 10.0. The first-order valence-corrected chi connectivity index (χ1v) is 7.62. The van der Waals surface area contributed by atoms with E-state index in [9.17, 15) is 13.6 Å². The van der Waals surface area contributed by atoms with Gasteiger partial charge < -0.3 is 10.3 Å². The van der Waals surface area contributed by atoms with E-state index in [-0.39, 0.29) is 33.7 Å². The van der Waals surface area contributed by atoms with E-state index in [1.54, 1.807) is 12.3 Å². The molecule has 6 nitrogen and oxygen atoms in total. The third kappa shape index (κ3) is 2.25. The van der Waals surface area contributed by atoms with Gasteiger partial charge in [-0.3, -0.25) is 9.89 Å². The van der Waals surface area contributed by atoms with Gasteiger partial charge in [-0.25, -0.2) is 13.8 Å². The van der Waals surface area contributed by atoms with Crippen molar-refractivity contribution in [1.82, 2.24) is 19.7 Å². The number of nitrogens with one attached hydrogen (secondary N) is 1. The Bertz CT molecular complexity index is 1180. The van der Waals surface area contributed by atoms with Crippen molar-refractivity contribution in [2.45, 2.75) is 13.5 Å². The Kier molecular flexibility index (Phi) is 3.28. The Morgan fingerprint density at radius 2 is 1.92 bits per heavy atom. The number of aromatic nitrogens is 4. The van der Waals surface area contributed by atoms with Crippen LogP contribution >= 0.6 is 0 Å². The monoisotopic (exact) mass is 341 g/mol. The van der Waals surface area contributed by atoms with Crippen LogP contribution in [0.15, 0.2) is 35.3 Å². The number of fused-ring (bicyclic) bond motifs is 3. The SMILES string of the molecule is CCn1ccc2c(c(-c3cc(F)cc(F)c3)nc3n[nH]c(N)c32)c1=O. The van der Waals surface area contributed by atoms with Crippen molar-refractivity contribution in [3.8, 4) is 11.3 Å². The molecule has 0 amide bonds. The van der Waals surface area contributed by atoms with Gasteiger partial charge in [-0.05, 0) is 25.1 Å². The molecule has 0 aliphatic heterocycles. The van der Waals surface area contributed by atoms with Crippen LogP contribution in [-0.2, 0) is 6.54 Å². The first-order chi connectivity index (χ1) is 12.0. The number of pyridine rings is 2. The van der Waals surface area contributed by atoms with Gasteiger partial charge in [0.05, 0.1) is 16.5 Å². The van der Waals surface area contributed by atoms with Crippen LogP contribution in [-0.4, -0.2) is 19.7 Å². The smallest absolute Gasteiger partial charge is 0.260 e. The summed E-state index contributed by atoms with van der Waals surface area (Å²) in [5, 5.41) is 7.93. The lowest BCUT2D eigenvalue weighted by Gasteiger charge is -2.10. The molecule has 8 heteroatoms. The van der Waals surface area contributed by atoms with Crippen LogP contribution in [0, 0.1) is 11.6 Å². The molecule has 0 spiro atoms. The zero-order valence-electron chi connectivity index (χ0n) is 13.2. The standard InChI is InChI=1S/C17H13F2N5O/c1-2-24-4-3-11-12(17(24)25)14(8-5-9(18)7-10(19)6-8)21-16-13(11)15(20)22-23-16/h3-7H,2H2,1H3,(H3,20,21,22,23). The second-order valence-electron chi connectivity index (χ2n) is 5.65. The molecular weight excluding hydrogens is 328 g/mol. The largest absolute Gasteiger partial charge is 0.383 e. The van der Waals surface area contributed by atoms with Crippen LogP contribution in [0.1, 0.15) is 6.92 Å². The Hall–Kier alpha value is -3.29. The Morgan fingerprint density at radius 1 is 1.20 bits per heavy atom. The van der Waals surface area contributed by atoms with E-state index in [1.807, 2.05) is 6.92 Å². The minimum Gasteiger partial charge on any atom is -0.383 e. The van der Waals surface area contributed by atoms with Crippen LogP contribution in [0.2, 0.25) is 0 Å². The third-order valence-corrected chi connectivity index (χ3v) is 4.14. The second-order valence-corrected chi connectivity index (χ2v) is 5.65. The molecule has 126 valence electrons. The molecule has 0 saturated heterocycles. The maximum Gasteiger partial charge on any atom is 0.260 e. The van der Waals surface area contributed by atoms with Gasteiger partial charge in [0.1, 0.15) is 17.5 Å². The number of aromatic amines is 1. The van der Waals surface area contributed by atoms with Crippen LogP contribution in [0.25, 0.3) is 33.1 Å². The summed E-state index contributed by atoms with van der Waals surface area (Å²) in [5.74, 6) is -1.23. The Labute approximate surface area is 139 Å². The first-order valence-electron chi connectivity index (χ1n) is 7.62. The highest BCUT2D eigenvalue weighted by atomic mass is 19.1. The summed E-state index contributed by atoms with van der Waals surface area (Å²) >= 11 is 0. The van der Waals surface area contributed by atoms with E-state index < -0.39 is 11.6 Å². The molecule has 0 aliphatic carbocycles. The van der Waals surface area contributed by atoms with Gasteiger partial charge in [-0.15, -0.1) is 0 Å². The van der Waals surface area contributed by atoms with Crippen molar-refractivity contribution in [1.29, 1.82) is 0 Å². The molecular formula is C17H13F2N5O. The van der Waals surface area contributed by atoms with Crippen molar-refractivity contribution in [2.24, 2.45) is 0 Å². The summed E-state index contributed by atoms with van der Waals surface area (Å²) in [6.07, 6.45) is 1.65. The molecule has 0 radical (unpaired) electrons. The van der Waals surface area contributed by atoms with E-state index >= 15 is 0 Å². The van der Waals surface area contributed by atoms with E-state index in [2.05, 4.69) is 15.2 Å². The fourth-order valence-electron chi connectivity index (χ4n) is 3.01. The van der Waals surface area contributed by atoms with Crippen molar-refractivity contribution in [3.05, 3.63) is 52.5 Å². The molecule has 0 atom stereocenters. The lowest BCUT2D eigenvalue weighted by Crippen LogP contribution is -2.19. The molecule has 25 heavy (non-hydrogen) atoms. The van der Waals surface area contributed by atoms with Crippen LogP contribution < -0.4 is 11.3 Å². The number of nitrogens with two attached hydrogens (primary N) is 1. The average Bonchev–Trinajstić information content (AvgIpc) is 2.95. The highest BCUT2D eigenvalue weighted by Gasteiger charge is 2.18. The van der Waals surface area contributed by atoms with Gasteiger partial charge in [0.2, 0.25) is 0 Å². The van der Waals surface area contributed by atoms with Gasteiger partial charge in [0, 0.05) is 29.8 Å². The van der Waals surface area contributed by atoms with E-state index in [0.717, 1.165) is 18.2 Å². The van der Waals surface area contributed by atoms with Gasteiger partial charge in [0.15, 0.2) is 5.65 Å². The molecule has 4 rings (SSSR count). The van der Waals surface area contributed by atoms with Crippen LogP contribution in [0.4, 0.5) is 14.6 Å².